The Hall–Kier alpha value is -1.78. The van der Waals surface area contributed by atoms with E-state index in [0.29, 0.717) is 11.6 Å². The number of nitrogens with one attached hydrogen (secondary N) is 1. The molecule has 5 nitrogen and oxygen atoms in total. The maximum Gasteiger partial charge on any atom is 0.314 e. The Morgan fingerprint density at radius 1 is 1.37 bits per heavy atom. The minimum absolute atomic E-state index is 0.00524. The SMILES string of the molecule is Nc1cccc(NCC2CC3CCC2C3)c1[N+](=O)[O-]. The van der Waals surface area contributed by atoms with E-state index in [1.54, 1.807) is 18.2 Å². The van der Waals surface area contributed by atoms with Crippen LogP contribution in [0.3, 0.4) is 0 Å². The molecule has 3 rings (SSSR count). The van der Waals surface area contributed by atoms with Crippen LogP contribution < -0.4 is 11.1 Å². The van der Waals surface area contributed by atoms with Crippen molar-refractivity contribution in [2.45, 2.75) is 25.7 Å². The topological polar surface area (TPSA) is 81.2 Å². The summed E-state index contributed by atoms with van der Waals surface area (Å²) in [6.07, 6.45) is 5.33. The first-order chi connectivity index (χ1) is 9.15. The van der Waals surface area contributed by atoms with E-state index in [4.69, 9.17) is 5.73 Å². The number of anilines is 2. The summed E-state index contributed by atoms with van der Waals surface area (Å²) in [6, 6.07) is 5.06. The Morgan fingerprint density at radius 2 is 2.21 bits per heavy atom. The number of nitrogen functional groups attached to an aromatic ring is 1. The fourth-order valence-corrected chi connectivity index (χ4v) is 3.78. The van der Waals surface area contributed by atoms with Gasteiger partial charge in [-0.2, -0.15) is 0 Å². The molecule has 0 radical (unpaired) electrons. The third-order valence-corrected chi connectivity index (χ3v) is 4.69. The van der Waals surface area contributed by atoms with Crippen molar-refractivity contribution in [1.29, 1.82) is 0 Å². The molecule has 2 aliphatic carbocycles. The predicted molar refractivity (Wildman–Crippen MR) is 74.9 cm³/mol. The van der Waals surface area contributed by atoms with Gasteiger partial charge in [-0.05, 0) is 49.1 Å². The molecule has 0 aliphatic heterocycles. The van der Waals surface area contributed by atoms with Crippen LogP contribution in [0.2, 0.25) is 0 Å². The van der Waals surface area contributed by atoms with E-state index in [1.165, 1.54) is 25.7 Å². The van der Waals surface area contributed by atoms with Gasteiger partial charge in [0.25, 0.3) is 0 Å². The van der Waals surface area contributed by atoms with Crippen molar-refractivity contribution in [3.8, 4) is 0 Å². The number of benzene rings is 1. The molecule has 0 spiro atoms. The van der Waals surface area contributed by atoms with Crippen molar-refractivity contribution in [2.24, 2.45) is 17.8 Å². The Labute approximate surface area is 112 Å². The van der Waals surface area contributed by atoms with E-state index >= 15 is 0 Å². The summed E-state index contributed by atoms with van der Waals surface area (Å²) >= 11 is 0. The molecule has 2 fully saturated rings. The van der Waals surface area contributed by atoms with Crippen LogP contribution in [0, 0.1) is 27.9 Å². The monoisotopic (exact) mass is 261 g/mol. The summed E-state index contributed by atoms with van der Waals surface area (Å²) in [5, 5.41) is 14.3. The Balaban J connectivity index is 1.70. The van der Waals surface area contributed by atoms with Crippen LogP contribution in [0.15, 0.2) is 18.2 Å². The van der Waals surface area contributed by atoms with Gasteiger partial charge >= 0.3 is 5.69 Å². The number of hydrogen-bond donors (Lipinski definition) is 2. The predicted octanol–water partition coefficient (Wildman–Crippen LogP) is 3.03. The molecule has 1 aromatic rings. The zero-order valence-corrected chi connectivity index (χ0v) is 10.8. The van der Waals surface area contributed by atoms with Crippen LogP contribution in [0.4, 0.5) is 17.1 Å². The Kier molecular flexibility index (Phi) is 3.05. The smallest absolute Gasteiger partial charge is 0.314 e. The van der Waals surface area contributed by atoms with E-state index < -0.39 is 4.92 Å². The molecule has 2 saturated carbocycles. The van der Waals surface area contributed by atoms with Gasteiger partial charge in [0.1, 0.15) is 11.4 Å². The van der Waals surface area contributed by atoms with Crippen molar-refractivity contribution in [2.75, 3.05) is 17.6 Å². The standard InChI is InChI=1S/C14H19N3O2/c15-12-2-1-3-13(14(12)17(18)19)16-8-11-7-9-4-5-10(11)6-9/h1-3,9-11,16H,4-8,15H2. The fraction of sp³-hybridized carbons (Fsp3) is 0.571. The van der Waals surface area contributed by atoms with Gasteiger partial charge in [-0.15, -0.1) is 0 Å². The number of hydrogen-bond acceptors (Lipinski definition) is 4. The lowest BCUT2D eigenvalue weighted by Gasteiger charge is -2.22. The summed E-state index contributed by atoms with van der Waals surface area (Å²) in [5.74, 6) is 2.38. The molecule has 1 aromatic carbocycles. The van der Waals surface area contributed by atoms with Crippen molar-refractivity contribution in [3.05, 3.63) is 28.3 Å². The van der Waals surface area contributed by atoms with Gasteiger partial charge in [0, 0.05) is 6.54 Å². The normalized spacial score (nSPS) is 28.5. The van der Waals surface area contributed by atoms with Gasteiger partial charge in [0.15, 0.2) is 0 Å². The van der Waals surface area contributed by atoms with Crippen LogP contribution in [0.5, 0.6) is 0 Å². The zero-order chi connectivity index (χ0) is 13.4. The summed E-state index contributed by atoms with van der Waals surface area (Å²) in [4.78, 5) is 10.6. The molecule has 5 heteroatoms. The quantitative estimate of drug-likeness (QED) is 0.496. The average molecular weight is 261 g/mol. The second kappa shape index (κ2) is 4.72. The molecule has 2 bridgehead atoms. The average Bonchev–Trinajstić information content (AvgIpc) is 2.97. The van der Waals surface area contributed by atoms with Crippen LogP contribution in [-0.2, 0) is 0 Å². The maximum atomic E-state index is 11.1. The van der Waals surface area contributed by atoms with Crippen molar-refractivity contribution < 1.29 is 4.92 Å². The minimum atomic E-state index is -0.404. The lowest BCUT2D eigenvalue weighted by molar-refractivity contribution is -0.383. The van der Waals surface area contributed by atoms with E-state index in [9.17, 15) is 10.1 Å². The molecular formula is C14H19N3O2. The van der Waals surface area contributed by atoms with Crippen LogP contribution in [-0.4, -0.2) is 11.5 Å². The molecule has 0 amide bonds. The van der Waals surface area contributed by atoms with Crippen LogP contribution >= 0.6 is 0 Å². The van der Waals surface area contributed by atoms with Gasteiger partial charge in [-0.1, -0.05) is 12.5 Å². The lowest BCUT2D eigenvalue weighted by Crippen LogP contribution is -2.20. The van der Waals surface area contributed by atoms with Crippen LogP contribution in [0.1, 0.15) is 25.7 Å². The molecule has 0 aromatic heterocycles. The molecule has 3 atom stereocenters. The highest BCUT2D eigenvalue weighted by Crippen LogP contribution is 2.48. The van der Waals surface area contributed by atoms with Crippen LogP contribution in [0.25, 0.3) is 0 Å². The lowest BCUT2D eigenvalue weighted by atomic mass is 9.89. The van der Waals surface area contributed by atoms with Gasteiger partial charge in [0.05, 0.1) is 4.92 Å². The summed E-state index contributed by atoms with van der Waals surface area (Å²) in [5.41, 5.74) is 6.46. The molecule has 19 heavy (non-hydrogen) atoms. The Morgan fingerprint density at radius 3 is 2.84 bits per heavy atom. The fourth-order valence-electron chi connectivity index (χ4n) is 3.78. The third kappa shape index (κ3) is 2.25. The van der Waals surface area contributed by atoms with Gasteiger partial charge in [0.2, 0.25) is 0 Å². The highest BCUT2D eigenvalue weighted by Gasteiger charge is 2.39. The Bertz CT molecular complexity index is 503. The maximum absolute atomic E-state index is 11.1. The molecule has 102 valence electrons. The van der Waals surface area contributed by atoms with Gasteiger partial charge in [-0.3, -0.25) is 10.1 Å². The summed E-state index contributed by atoms with van der Waals surface area (Å²) in [6.45, 7) is 0.825. The zero-order valence-electron chi connectivity index (χ0n) is 10.8. The second-order valence-corrected chi connectivity index (χ2v) is 5.82. The van der Waals surface area contributed by atoms with Crippen molar-refractivity contribution in [3.63, 3.8) is 0 Å². The van der Waals surface area contributed by atoms with Gasteiger partial charge < -0.3 is 11.1 Å². The molecule has 0 heterocycles. The van der Waals surface area contributed by atoms with E-state index in [2.05, 4.69) is 5.32 Å². The first-order valence-electron chi connectivity index (χ1n) is 6.92. The van der Waals surface area contributed by atoms with E-state index in [1.807, 2.05) is 0 Å². The number of para-hydroxylation sites is 1. The largest absolute Gasteiger partial charge is 0.393 e. The number of nitro benzene ring substituents is 1. The molecule has 3 unspecified atom stereocenters. The number of nitro groups is 1. The molecular weight excluding hydrogens is 242 g/mol. The number of nitrogens with zero attached hydrogens (tertiary/aromatic N) is 1. The summed E-state index contributed by atoms with van der Waals surface area (Å²) in [7, 11) is 0. The second-order valence-electron chi connectivity index (χ2n) is 5.82. The van der Waals surface area contributed by atoms with Crippen molar-refractivity contribution in [1.82, 2.24) is 0 Å². The van der Waals surface area contributed by atoms with Gasteiger partial charge in [-0.25, -0.2) is 0 Å². The number of nitrogens with two attached hydrogens (primary N) is 1. The molecule has 0 saturated heterocycles. The molecule has 3 N–H and O–H groups in total. The third-order valence-electron chi connectivity index (χ3n) is 4.69. The highest BCUT2D eigenvalue weighted by atomic mass is 16.6. The first-order valence-corrected chi connectivity index (χ1v) is 6.92. The number of fused-ring (bicyclic) bond motifs is 2. The van der Waals surface area contributed by atoms with E-state index in [-0.39, 0.29) is 11.4 Å². The first kappa shape index (κ1) is 12.3. The number of rotatable bonds is 4. The highest BCUT2D eigenvalue weighted by molar-refractivity contribution is 5.74. The minimum Gasteiger partial charge on any atom is -0.393 e. The van der Waals surface area contributed by atoms with Crippen molar-refractivity contribution >= 4 is 17.1 Å². The van der Waals surface area contributed by atoms with E-state index in [0.717, 1.165) is 18.4 Å². The molecule has 2 aliphatic rings. The summed E-state index contributed by atoms with van der Waals surface area (Å²) < 4.78 is 0.